The fourth-order valence-electron chi connectivity index (χ4n) is 1.18. The molecule has 5 heteroatoms. The van der Waals surface area contributed by atoms with E-state index in [4.69, 9.17) is 5.11 Å². The quantitative estimate of drug-likeness (QED) is 0.776. The second-order valence-corrected chi connectivity index (χ2v) is 5.35. The van der Waals surface area contributed by atoms with E-state index in [1.165, 1.54) is 4.90 Å². The van der Waals surface area contributed by atoms with E-state index in [0.29, 0.717) is 6.54 Å². The number of carboxylic acids is 1. The van der Waals surface area contributed by atoms with Gasteiger partial charge in [0, 0.05) is 12.6 Å². The second-order valence-electron chi connectivity index (χ2n) is 5.35. The van der Waals surface area contributed by atoms with Crippen LogP contribution in [0.3, 0.4) is 0 Å². The zero-order valence-electron chi connectivity index (χ0n) is 11.4. The maximum absolute atomic E-state index is 11.9. The summed E-state index contributed by atoms with van der Waals surface area (Å²) < 4.78 is 0. The number of carbonyl (C=O) groups is 2. The molecule has 2 amide bonds. The molecule has 17 heavy (non-hydrogen) atoms. The van der Waals surface area contributed by atoms with Crippen molar-refractivity contribution in [2.75, 3.05) is 13.1 Å². The monoisotopic (exact) mass is 244 g/mol. The van der Waals surface area contributed by atoms with E-state index >= 15 is 0 Å². The predicted octanol–water partition coefficient (Wildman–Crippen LogP) is 1.93. The molecule has 2 N–H and O–H groups in total. The average molecular weight is 244 g/mol. The zero-order chi connectivity index (χ0) is 13.6. The van der Waals surface area contributed by atoms with Gasteiger partial charge in [-0.2, -0.15) is 0 Å². The Hall–Kier alpha value is -1.26. The number of carboxylic acid groups (broad SMARTS) is 1. The lowest BCUT2D eigenvalue weighted by atomic mass is 9.88. The number of carbonyl (C=O) groups excluding carboxylic acids is 1. The van der Waals surface area contributed by atoms with Crippen LogP contribution in [0.15, 0.2) is 0 Å². The molecule has 0 heterocycles. The van der Waals surface area contributed by atoms with Crippen LogP contribution < -0.4 is 5.32 Å². The number of urea groups is 1. The lowest BCUT2D eigenvalue weighted by molar-refractivity contribution is -0.137. The maximum atomic E-state index is 11.9. The number of nitrogens with zero attached hydrogens (tertiary/aromatic N) is 1. The average Bonchev–Trinajstić information content (AvgIpc) is 2.14. The Morgan fingerprint density at radius 2 is 1.88 bits per heavy atom. The highest BCUT2D eigenvalue weighted by molar-refractivity contribution is 5.80. The van der Waals surface area contributed by atoms with Crippen LogP contribution >= 0.6 is 0 Å². The Kier molecular flexibility index (Phi) is 5.99. The van der Waals surface area contributed by atoms with Crippen LogP contribution in [0.1, 0.15) is 41.0 Å². The number of hydrogen-bond donors (Lipinski definition) is 2. The Bertz CT molecular complexity index is 271. The molecule has 0 radical (unpaired) electrons. The maximum Gasteiger partial charge on any atom is 0.323 e. The van der Waals surface area contributed by atoms with Crippen molar-refractivity contribution in [3.8, 4) is 0 Å². The van der Waals surface area contributed by atoms with Crippen LogP contribution in [0.5, 0.6) is 0 Å². The molecule has 0 aliphatic heterocycles. The van der Waals surface area contributed by atoms with E-state index in [1.807, 2.05) is 34.6 Å². The zero-order valence-corrected chi connectivity index (χ0v) is 11.4. The Morgan fingerprint density at radius 1 is 1.35 bits per heavy atom. The molecule has 0 saturated carbocycles. The van der Waals surface area contributed by atoms with Crippen LogP contribution in [-0.2, 0) is 4.79 Å². The molecule has 0 aliphatic carbocycles. The van der Waals surface area contributed by atoms with E-state index in [1.54, 1.807) is 0 Å². The largest absolute Gasteiger partial charge is 0.480 e. The summed E-state index contributed by atoms with van der Waals surface area (Å²) in [5.74, 6) is -0.989. The number of hydrogen-bond acceptors (Lipinski definition) is 2. The van der Waals surface area contributed by atoms with Gasteiger partial charge in [0.15, 0.2) is 0 Å². The van der Waals surface area contributed by atoms with E-state index in [9.17, 15) is 9.59 Å². The summed E-state index contributed by atoms with van der Waals surface area (Å²) >= 11 is 0. The molecular formula is C12H24N2O3. The molecule has 0 aromatic rings. The summed E-state index contributed by atoms with van der Waals surface area (Å²) in [7, 11) is 0. The van der Waals surface area contributed by atoms with Crippen molar-refractivity contribution in [1.82, 2.24) is 10.2 Å². The van der Waals surface area contributed by atoms with Crippen LogP contribution in [0.25, 0.3) is 0 Å². The highest BCUT2D eigenvalue weighted by atomic mass is 16.4. The standard InChI is InChI=1S/C12H24N2O3/c1-6-7-14(8-10(15)16)11(17)13-9(2)12(3,4)5/h9H,6-8H2,1-5H3,(H,13,17)(H,15,16). The summed E-state index contributed by atoms with van der Waals surface area (Å²) in [6.07, 6.45) is 0.741. The van der Waals surface area contributed by atoms with E-state index < -0.39 is 5.97 Å². The molecule has 0 bridgehead atoms. The smallest absolute Gasteiger partial charge is 0.323 e. The van der Waals surface area contributed by atoms with E-state index in [-0.39, 0.29) is 24.0 Å². The molecule has 0 aromatic heterocycles. The first-order valence-corrected chi connectivity index (χ1v) is 5.95. The van der Waals surface area contributed by atoms with Gasteiger partial charge >= 0.3 is 12.0 Å². The van der Waals surface area contributed by atoms with E-state index in [0.717, 1.165) is 6.42 Å². The number of rotatable bonds is 5. The third-order valence-corrected chi connectivity index (χ3v) is 2.75. The summed E-state index contributed by atoms with van der Waals surface area (Å²) in [4.78, 5) is 23.9. The van der Waals surface area contributed by atoms with Gasteiger partial charge in [0.25, 0.3) is 0 Å². The first kappa shape index (κ1) is 15.7. The fraction of sp³-hybridized carbons (Fsp3) is 0.833. The van der Waals surface area contributed by atoms with Gasteiger partial charge < -0.3 is 15.3 Å². The number of nitrogens with one attached hydrogen (secondary N) is 1. The molecule has 0 aromatic carbocycles. The minimum atomic E-state index is -0.989. The first-order valence-electron chi connectivity index (χ1n) is 5.95. The fourth-order valence-corrected chi connectivity index (χ4v) is 1.18. The van der Waals surface area contributed by atoms with Crippen molar-refractivity contribution in [2.24, 2.45) is 5.41 Å². The van der Waals surface area contributed by atoms with E-state index in [2.05, 4.69) is 5.32 Å². The normalized spacial score (nSPS) is 13.0. The van der Waals surface area contributed by atoms with Gasteiger partial charge in [-0.3, -0.25) is 4.79 Å². The minimum Gasteiger partial charge on any atom is -0.480 e. The molecule has 0 spiro atoms. The van der Waals surface area contributed by atoms with Crippen LogP contribution in [0, 0.1) is 5.41 Å². The minimum absolute atomic E-state index is 0.0110. The molecule has 0 fully saturated rings. The summed E-state index contributed by atoms with van der Waals surface area (Å²) in [5, 5.41) is 11.6. The van der Waals surface area contributed by atoms with Crippen molar-refractivity contribution in [1.29, 1.82) is 0 Å². The van der Waals surface area contributed by atoms with Crippen molar-refractivity contribution >= 4 is 12.0 Å². The van der Waals surface area contributed by atoms with Crippen LogP contribution in [0.4, 0.5) is 4.79 Å². The summed E-state index contributed by atoms with van der Waals surface area (Å²) in [6.45, 7) is 10.1. The molecule has 1 unspecified atom stereocenters. The van der Waals surface area contributed by atoms with Crippen LogP contribution in [0.2, 0.25) is 0 Å². The lowest BCUT2D eigenvalue weighted by Gasteiger charge is -2.30. The second kappa shape index (κ2) is 6.47. The van der Waals surface area contributed by atoms with Gasteiger partial charge in [0.1, 0.15) is 6.54 Å². The molecule has 0 rings (SSSR count). The molecule has 5 nitrogen and oxygen atoms in total. The van der Waals surface area contributed by atoms with Gasteiger partial charge in [-0.15, -0.1) is 0 Å². The SMILES string of the molecule is CCCN(CC(=O)O)C(=O)NC(C)C(C)(C)C. The van der Waals surface area contributed by atoms with Crippen molar-refractivity contribution < 1.29 is 14.7 Å². The van der Waals surface area contributed by atoms with Gasteiger partial charge in [0.2, 0.25) is 0 Å². The summed E-state index contributed by atoms with van der Waals surface area (Å²) in [6, 6.07) is -0.320. The Balaban J connectivity index is 4.47. The number of aliphatic carboxylic acids is 1. The Labute approximate surface area is 103 Å². The topological polar surface area (TPSA) is 69.6 Å². The molecule has 1 atom stereocenters. The lowest BCUT2D eigenvalue weighted by Crippen LogP contribution is -2.49. The van der Waals surface area contributed by atoms with Gasteiger partial charge in [-0.05, 0) is 18.8 Å². The molecule has 0 aliphatic rings. The van der Waals surface area contributed by atoms with Gasteiger partial charge in [-0.1, -0.05) is 27.7 Å². The Morgan fingerprint density at radius 3 is 2.24 bits per heavy atom. The molecular weight excluding hydrogens is 220 g/mol. The van der Waals surface area contributed by atoms with Crippen molar-refractivity contribution in [2.45, 2.75) is 47.1 Å². The first-order chi connectivity index (χ1) is 7.68. The van der Waals surface area contributed by atoms with Gasteiger partial charge in [-0.25, -0.2) is 4.79 Å². The number of amides is 2. The third kappa shape index (κ3) is 6.14. The predicted molar refractivity (Wildman–Crippen MR) is 66.9 cm³/mol. The molecule has 100 valence electrons. The highest BCUT2D eigenvalue weighted by Gasteiger charge is 2.24. The van der Waals surface area contributed by atoms with Crippen molar-refractivity contribution in [3.63, 3.8) is 0 Å². The van der Waals surface area contributed by atoms with Crippen LogP contribution in [-0.4, -0.2) is 41.1 Å². The molecule has 0 saturated heterocycles. The summed E-state index contributed by atoms with van der Waals surface area (Å²) in [5.41, 5.74) is -0.0449. The van der Waals surface area contributed by atoms with Crippen molar-refractivity contribution in [3.05, 3.63) is 0 Å². The highest BCUT2D eigenvalue weighted by Crippen LogP contribution is 2.18. The van der Waals surface area contributed by atoms with Gasteiger partial charge in [0.05, 0.1) is 0 Å². The third-order valence-electron chi connectivity index (χ3n) is 2.75.